The summed E-state index contributed by atoms with van der Waals surface area (Å²) in [6.45, 7) is 8.71. The van der Waals surface area contributed by atoms with Crippen molar-refractivity contribution in [3.63, 3.8) is 0 Å². The summed E-state index contributed by atoms with van der Waals surface area (Å²) >= 11 is 0. The highest BCUT2D eigenvalue weighted by Gasteiger charge is 2.24. The maximum absolute atomic E-state index is 13.1. The van der Waals surface area contributed by atoms with Gasteiger partial charge in [-0.05, 0) is 25.7 Å². The number of carbonyl (C=O) groups excluding carboxylic acids is 3. The molecule has 8 heteroatoms. The summed E-state index contributed by atoms with van der Waals surface area (Å²) in [5, 5.41) is 9.53. The maximum Gasteiger partial charge on any atom is 0.308 e. The van der Waals surface area contributed by atoms with Crippen molar-refractivity contribution in [2.45, 2.75) is 188 Å². The van der Waals surface area contributed by atoms with Crippen LogP contribution in [0.25, 0.3) is 0 Å². The largest absolute Gasteiger partial charge is 0.464 e. The third-order valence-corrected chi connectivity index (χ3v) is 9.33. The number of aliphatic hydroxyl groups is 1. The van der Waals surface area contributed by atoms with Gasteiger partial charge in [0.1, 0.15) is 19.3 Å². The second kappa shape index (κ2) is 32.9. The third-order valence-electron chi connectivity index (χ3n) is 9.33. The van der Waals surface area contributed by atoms with Crippen LogP contribution < -0.4 is 5.73 Å². The highest BCUT2D eigenvalue weighted by Crippen LogP contribution is 2.22. The van der Waals surface area contributed by atoms with E-state index in [1.165, 1.54) is 69.1 Å². The lowest BCUT2D eigenvalue weighted by molar-refractivity contribution is -0.152. The molecule has 0 fully saturated rings. The van der Waals surface area contributed by atoms with Crippen LogP contribution in [0.5, 0.6) is 0 Å². The van der Waals surface area contributed by atoms with E-state index >= 15 is 0 Å². The van der Waals surface area contributed by atoms with Crippen LogP contribution in [0.2, 0.25) is 0 Å². The monoisotopic (exact) mass is 669 g/mol. The normalized spacial score (nSPS) is 13.2. The van der Waals surface area contributed by atoms with Crippen molar-refractivity contribution >= 4 is 17.8 Å². The molecule has 0 radical (unpaired) electrons. The van der Waals surface area contributed by atoms with E-state index in [9.17, 15) is 19.5 Å². The standard InChI is InChI=1S/C39H76N2O6/c1-5-9-13-17-19-23-27-34(25-21-15-11-7-3)38(44)46-31-29-41(37(43)36(40)33-42)30-32-47-39(45)35(26-22-16-12-8-4)28-24-20-18-14-10-6-2/h34-36,42H,5-33,40H2,1-4H3. The van der Waals surface area contributed by atoms with Gasteiger partial charge in [-0.25, -0.2) is 0 Å². The molecule has 0 aliphatic rings. The summed E-state index contributed by atoms with van der Waals surface area (Å²) in [6, 6.07) is -1.07. The van der Waals surface area contributed by atoms with Gasteiger partial charge in [0.2, 0.25) is 5.91 Å². The van der Waals surface area contributed by atoms with Gasteiger partial charge >= 0.3 is 11.9 Å². The molecule has 0 spiro atoms. The van der Waals surface area contributed by atoms with E-state index in [2.05, 4.69) is 27.7 Å². The van der Waals surface area contributed by atoms with E-state index in [1.807, 2.05) is 0 Å². The quantitative estimate of drug-likeness (QED) is 0.0519. The number of carbonyl (C=O) groups is 3. The molecular formula is C39H76N2O6. The van der Waals surface area contributed by atoms with Crippen LogP contribution in [0.4, 0.5) is 0 Å². The van der Waals surface area contributed by atoms with Gasteiger partial charge in [0.05, 0.1) is 31.5 Å². The van der Waals surface area contributed by atoms with Crippen molar-refractivity contribution in [2.75, 3.05) is 32.9 Å². The van der Waals surface area contributed by atoms with Crippen LogP contribution >= 0.6 is 0 Å². The first kappa shape index (κ1) is 45.3. The lowest BCUT2D eigenvalue weighted by Gasteiger charge is -2.26. The van der Waals surface area contributed by atoms with Crippen LogP contribution in [0.15, 0.2) is 0 Å². The molecule has 0 saturated heterocycles. The summed E-state index contributed by atoms with van der Waals surface area (Å²) in [5.74, 6) is -1.07. The molecule has 0 aliphatic heterocycles. The van der Waals surface area contributed by atoms with E-state index in [0.29, 0.717) is 0 Å². The average Bonchev–Trinajstić information content (AvgIpc) is 3.07. The molecular weight excluding hydrogens is 592 g/mol. The number of hydrogen-bond acceptors (Lipinski definition) is 7. The number of ether oxygens (including phenoxy) is 2. The highest BCUT2D eigenvalue weighted by atomic mass is 16.5. The van der Waals surface area contributed by atoms with Crippen LogP contribution in [0, 0.1) is 11.8 Å². The summed E-state index contributed by atoms with van der Waals surface area (Å²) in [7, 11) is 0. The Morgan fingerprint density at radius 3 is 1.15 bits per heavy atom. The molecule has 3 unspecified atom stereocenters. The van der Waals surface area contributed by atoms with Crippen molar-refractivity contribution in [2.24, 2.45) is 17.6 Å². The minimum Gasteiger partial charge on any atom is -0.464 e. The number of nitrogens with zero attached hydrogens (tertiary/aromatic N) is 1. The molecule has 0 aliphatic carbocycles. The predicted molar refractivity (Wildman–Crippen MR) is 194 cm³/mol. The second-order valence-corrected chi connectivity index (χ2v) is 13.7. The summed E-state index contributed by atoms with van der Waals surface area (Å²) < 4.78 is 11.4. The topological polar surface area (TPSA) is 119 Å². The summed E-state index contributed by atoms with van der Waals surface area (Å²) in [6.07, 6.45) is 26.4. The summed E-state index contributed by atoms with van der Waals surface area (Å²) in [5.41, 5.74) is 5.88. The molecule has 0 aromatic carbocycles. The fourth-order valence-electron chi connectivity index (χ4n) is 6.13. The Morgan fingerprint density at radius 2 is 0.830 bits per heavy atom. The molecule has 1 amide bonds. The number of unbranched alkanes of at least 4 members (excludes halogenated alkanes) is 16. The van der Waals surface area contributed by atoms with E-state index < -0.39 is 18.6 Å². The van der Waals surface area contributed by atoms with Crippen LogP contribution in [-0.4, -0.2) is 66.8 Å². The molecule has 278 valence electrons. The molecule has 0 aromatic heterocycles. The number of nitrogens with two attached hydrogens (primary N) is 1. The van der Waals surface area contributed by atoms with E-state index in [-0.39, 0.29) is 50.1 Å². The smallest absolute Gasteiger partial charge is 0.308 e. The third kappa shape index (κ3) is 25.0. The number of amides is 1. The molecule has 8 nitrogen and oxygen atoms in total. The van der Waals surface area contributed by atoms with Gasteiger partial charge in [-0.2, -0.15) is 0 Å². The van der Waals surface area contributed by atoms with Crippen LogP contribution in [-0.2, 0) is 23.9 Å². The fraction of sp³-hybridized carbons (Fsp3) is 0.923. The first-order chi connectivity index (χ1) is 22.9. The second-order valence-electron chi connectivity index (χ2n) is 13.7. The molecule has 0 bridgehead atoms. The zero-order valence-electron chi connectivity index (χ0n) is 31.3. The van der Waals surface area contributed by atoms with Crippen LogP contribution in [0.3, 0.4) is 0 Å². The summed E-state index contributed by atoms with van der Waals surface area (Å²) in [4.78, 5) is 40.7. The Kier molecular flexibility index (Phi) is 31.7. The molecule has 3 atom stereocenters. The Morgan fingerprint density at radius 1 is 0.532 bits per heavy atom. The van der Waals surface area contributed by atoms with Gasteiger partial charge in [-0.3, -0.25) is 14.4 Å². The van der Waals surface area contributed by atoms with Crippen molar-refractivity contribution in [1.29, 1.82) is 0 Å². The van der Waals surface area contributed by atoms with Gasteiger partial charge in [0.25, 0.3) is 0 Å². The van der Waals surface area contributed by atoms with E-state index in [4.69, 9.17) is 15.2 Å². The molecule has 0 saturated carbocycles. The molecule has 0 rings (SSSR count). The number of rotatable bonds is 34. The average molecular weight is 669 g/mol. The number of esters is 2. The van der Waals surface area contributed by atoms with Crippen LogP contribution in [0.1, 0.15) is 182 Å². The zero-order valence-corrected chi connectivity index (χ0v) is 31.3. The van der Waals surface area contributed by atoms with E-state index in [0.717, 1.165) is 89.9 Å². The van der Waals surface area contributed by atoms with Crippen molar-refractivity contribution in [1.82, 2.24) is 4.90 Å². The predicted octanol–water partition coefficient (Wildman–Crippen LogP) is 8.90. The molecule has 47 heavy (non-hydrogen) atoms. The zero-order chi connectivity index (χ0) is 35.0. The van der Waals surface area contributed by atoms with Gasteiger partial charge in [0.15, 0.2) is 0 Å². The van der Waals surface area contributed by atoms with Gasteiger partial charge in [-0.1, -0.05) is 156 Å². The Labute approximate surface area is 289 Å². The number of aliphatic hydroxyl groups excluding tert-OH is 1. The Balaban J connectivity index is 5.06. The first-order valence-electron chi connectivity index (χ1n) is 19.8. The van der Waals surface area contributed by atoms with Gasteiger partial charge in [0, 0.05) is 0 Å². The van der Waals surface area contributed by atoms with Gasteiger partial charge < -0.3 is 25.2 Å². The lowest BCUT2D eigenvalue weighted by atomic mass is 9.94. The first-order valence-corrected chi connectivity index (χ1v) is 19.8. The lowest BCUT2D eigenvalue weighted by Crippen LogP contribution is -2.48. The fourth-order valence-corrected chi connectivity index (χ4v) is 6.13. The molecule has 3 N–H and O–H groups in total. The maximum atomic E-state index is 13.1. The van der Waals surface area contributed by atoms with Crippen molar-refractivity contribution < 1.29 is 29.0 Å². The highest BCUT2D eigenvalue weighted by molar-refractivity contribution is 5.82. The SMILES string of the molecule is CCCCCCCCC(CCCCCC)C(=O)OCCN(CCOC(=O)C(CCCCCC)CCCCCCCC)C(=O)C(N)CO. The minimum absolute atomic E-state index is 0.0523. The molecule has 0 heterocycles. The van der Waals surface area contributed by atoms with Gasteiger partial charge in [-0.15, -0.1) is 0 Å². The minimum atomic E-state index is -1.07. The van der Waals surface area contributed by atoms with E-state index in [1.54, 1.807) is 0 Å². The van der Waals surface area contributed by atoms with Crippen molar-refractivity contribution in [3.05, 3.63) is 0 Å². The number of hydrogen-bond donors (Lipinski definition) is 2. The Hall–Kier alpha value is -1.67. The van der Waals surface area contributed by atoms with Crippen molar-refractivity contribution in [3.8, 4) is 0 Å². The molecule has 0 aromatic rings. The Bertz CT molecular complexity index is 699.